The average molecular weight is 393 g/mol. The minimum atomic E-state index is -4.67. The van der Waals surface area contributed by atoms with Crippen LogP contribution in [0.4, 0.5) is 15.9 Å². The number of benzene rings is 1. The Morgan fingerprint density at radius 3 is 2.60 bits per heavy atom. The highest BCUT2D eigenvalue weighted by Crippen LogP contribution is 2.29. The first-order valence-electron chi connectivity index (χ1n) is 6.56. The molecule has 0 amide bonds. The van der Waals surface area contributed by atoms with Gasteiger partial charge >= 0.3 is 10.4 Å². The molecule has 9 nitrogen and oxygen atoms in total. The highest BCUT2D eigenvalue weighted by molar-refractivity contribution is 7.79. The van der Waals surface area contributed by atoms with E-state index in [0.29, 0.717) is 29.4 Å². The second kappa shape index (κ2) is 9.22. The summed E-state index contributed by atoms with van der Waals surface area (Å²) in [6.45, 7) is 2.21. The molecule has 0 spiro atoms. The Bertz CT molecular complexity index is 842. The number of rotatable bonds is 5. The molecular weight excluding hydrogens is 379 g/mol. The summed E-state index contributed by atoms with van der Waals surface area (Å²) in [6, 6.07) is 4.11. The number of hydrogen-bond acceptors (Lipinski definition) is 7. The quantitative estimate of drug-likeness (QED) is 0.345. The molecule has 25 heavy (non-hydrogen) atoms. The fourth-order valence-electron chi connectivity index (χ4n) is 1.60. The van der Waals surface area contributed by atoms with Crippen molar-refractivity contribution in [2.75, 3.05) is 11.9 Å². The summed E-state index contributed by atoms with van der Waals surface area (Å²) in [5, 5.41) is 10.5. The molecule has 0 saturated heterocycles. The van der Waals surface area contributed by atoms with E-state index in [2.05, 4.69) is 15.3 Å². The minimum absolute atomic E-state index is 0.164. The Hall–Kier alpha value is -2.34. The highest BCUT2D eigenvalue weighted by Gasteiger charge is 2.11. The molecule has 2 rings (SSSR count). The third-order valence-electron chi connectivity index (χ3n) is 2.48. The smallest absolute Gasteiger partial charge is 0.394 e. The van der Waals surface area contributed by atoms with Crippen LogP contribution in [-0.2, 0) is 10.4 Å². The molecule has 1 heterocycles. The topological polar surface area (TPSA) is 145 Å². The first-order chi connectivity index (χ1) is 11.7. The lowest BCUT2D eigenvalue weighted by Gasteiger charge is -2.13. The molecule has 136 valence electrons. The Labute approximate surface area is 147 Å². The lowest BCUT2D eigenvalue weighted by Crippen LogP contribution is -2.03. The van der Waals surface area contributed by atoms with Crippen molar-refractivity contribution >= 4 is 39.7 Å². The second-order valence-electron chi connectivity index (χ2n) is 4.22. The van der Waals surface area contributed by atoms with E-state index in [-0.39, 0.29) is 5.15 Å². The zero-order valence-electron chi connectivity index (χ0n) is 12.8. The van der Waals surface area contributed by atoms with E-state index in [1.165, 1.54) is 24.5 Å². The number of aromatic nitrogens is 2. The predicted molar refractivity (Wildman–Crippen MR) is 90.0 cm³/mol. The van der Waals surface area contributed by atoms with Crippen LogP contribution >= 0.6 is 11.6 Å². The van der Waals surface area contributed by atoms with Gasteiger partial charge in [-0.25, -0.2) is 14.4 Å². The number of hydrogen-bond donors (Lipinski definition) is 4. The van der Waals surface area contributed by atoms with Crippen molar-refractivity contribution < 1.29 is 26.7 Å². The van der Waals surface area contributed by atoms with Gasteiger partial charge in [0.25, 0.3) is 0 Å². The van der Waals surface area contributed by atoms with Gasteiger partial charge in [-0.05, 0) is 19.1 Å². The van der Waals surface area contributed by atoms with Crippen molar-refractivity contribution in [2.45, 2.75) is 6.92 Å². The van der Waals surface area contributed by atoms with Crippen molar-refractivity contribution in [3.8, 4) is 5.75 Å². The van der Waals surface area contributed by atoms with Crippen LogP contribution < -0.4 is 10.1 Å². The zero-order valence-corrected chi connectivity index (χ0v) is 14.3. The van der Waals surface area contributed by atoms with Crippen LogP contribution in [0.1, 0.15) is 12.5 Å². The summed E-state index contributed by atoms with van der Waals surface area (Å²) in [7, 11) is -4.67. The second-order valence-corrected chi connectivity index (χ2v) is 5.47. The van der Waals surface area contributed by atoms with E-state index in [9.17, 15) is 4.39 Å². The lowest BCUT2D eigenvalue weighted by molar-refractivity contribution is 0.340. The molecule has 1 aromatic carbocycles. The summed E-state index contributed by atoms with van der Waals surface area (Å²) in [6.07, 6.45) is 2.33. The largest absolute Gasteiger partial charge is 0.492 e. The molecule has 0 aliphatic heterocycles. The Morgan fingerprint density at radius 1 is 1.40 bits per heavy atom. The molecule has 1 aromatic heterocycles. The minimum Gasteiger partial charge on any atom is -0.492 e. The molecule has 0 bridgehead atoms. The fraction of sp³-hybridized carbons (Fsp3) is 0.154. The van der Waals surface area contributed by atoms with E-state index in [1.807, 2.05) is 0 Å². The van der Waals surface area contributed by atoms with Crippen LogP contribution in [0.15, 0.2) is 24.5 Å². The molecule has 4 N–H and O–H groups in total. The maximum absolute atomic E-state index is 13.2. The Balaban J connectivity index is 0.000000550. The van der Waals surface area contributed by atoms with Gasteiger partial charge in [0.1, 0.15) is 28.9 Å². The monoisotopic (exact) mass is 392 g/mol. The van der Waals surface area contributed by atoms with Gasteiger partial charge in [-0.3, -0.25) is 9.11 Å². The third-order valence-corrected chi connectivity index (χ3v) is 2.78. The van der Waals surface area contributed by atoms with Crippen LogP contribution in [0.5, 0.6) is 5.75 Å². The van der Waals surface area contributed by atoms with Crippen LogP contribution in [0.3, 0.4) is 0 Å². The van der Waals surface area contributed by atoms with Gasteiger partial charge in [-0.2, -0.15) is 8.42 Å². The van der Waals surface area contributed by atoms with E-state index in [4.69, 9.17) is 39.3 Å². The standard InChI is InChI=1S/C13H12ClFN4O.H2O4S/c1-2-20-11-5-8(15)3-4-10(11)19-13-9(6-16)12(14)17-7-18-13;1-5(2,3)4/h3-7,16H,2H2,1H3,(H,17,18,19);(H2,1,2,3,4). The number of anilines is 2. The molecule has 0 fully saturated rings. The summed E-state index contributed by atoms with van der Waals surface area (Å²) >= 11 is 5.89. The van der Waals surface area contributed by atoms with Gasteiger partial charge < -0.3 is 15.5 Å². The third kappa shape index (κ3) is 7.39. The van der Waals surface area contributed by atoms with E-state index in [1.54, 1.807) is 6.92 Å². The average Bonchev–Trinajstić information content (AvgIpc) is 2.49. The SMILES string of the molecule is CCOc1cc(F)ccc1Nc1ncnc(Cl)c1C=N.O=S(=O)(O)O. The summed E-state index contributed by atoms with van der Waals surface area (Å²) in [5.41, 5.74) is 0.882. The van der Waals surface area contributed by atoms with Crippen molar-refractivity contribution in [3.63, 3.8) is 0 Å². The van der Waals surface area contributed by atoms with Crippen molar-refractivity contribution in [1.82, 2.24) is 9.97 Å². The van der Waals surface area contributed by atoms with Gasteiger partial charge in [-0.15, -0.1) is 0 Å². The summed E-state index contributed by atoms with van der Waals surface area (Å²) < 4.78 is 50.2. The maximum atomic E-state index is 13.2. The molecule has 0 saturated carbocycles. The van der Waals surface area contributed by atoms with Crippen LogP contribution in [0.25, 0.3) is 0 Å². The number of ether oxygens (including phenoxy) is 1. The molecule has 0 radical (unpaired) electrons. The molecule has 0 aliphatic rings. The van der Waals surface area contributed by atoms with Crippen molar-refractivity contribution in [1.29, 1.82) is 5.41 Å². The van der Waals surface area contributed by atoms with Gasteiger partial charge in [0.05, 0.1) is 17.9 Å². The molecular formula is C13H14ClFN4O5S. The maximum Gasteiger partial charge on any atom is 0.394 e. The van der Waals surface area contributed by atoms with E-state index < -0.39 is 16.2 Å². The van der Waals surface area contributed by atoms with Gasteiger partial charge in [0, 0.05) is 12.3 Å². The fourth-order valence-corrected chi connectivity index (χ4v) is 1.79. The summed E-state index contributed by atoms with van der Waals surface area (Å²) in [5.74, 6) is 0.317. The first-order valence-corrected chi connectivity index (χ1v) is 8.33. The van der Waals surface area contributed by atoms with Gasteiger partial charge in [0.2, 0.25) is 0 Å². The molecule has 2 aromatic rings. The number of halogens is 2. The Morgan fingerprint density at radius 2 is 2.04 bits per heavy atom. The van der Waals surface area contributed by atoms with Crippen LogP contribution in [0, 0.1) is 11.2 Å². The van der Waals surface area contributed by atoms with Crippen molar-refractivity contribution in [2.24, 2.45) is 0 Å². The van der Waals surface area contributed by atoms with Gasteiger partial charge in [-0.1, -0.05) is 11.6 Å². The predicted octanol–water partition coefficient (Wildman–Crippen LogP) is 2.76. The summed E-state index contributed by atoms with van der Waals surface area (Å²) in [4.78, 5) is 7.82. The molecule has 0 unspecified atom stereocenters. The molecule has 0 atom stereocenters. The lowest BCUT2D eigenvalue weighted by atomic mass is 10.2. The molecule has 0 aliphatic carbocycles. The highest BCUT2D eigenvalue weighted by atomic mass is 35.5. The number of nitrogens with one attached hydrogen (secondary N) is 2. The number of nitrogens with zero attached hydrogens (tertiary/aromatic N) is 2. The zero-order chi connectivity index (χ0) is 19.0. The van der Waals surface area contributed by atoms with Crippen LogP contribution in [0.2, 0.25) is 5.15 Å². The first kappa shape index (κ1) is 20.7. The molecule has 12 heteroatoms. The van der Waals surface area contributed by atoms with E-state index >= 15 is 0 Å². The van der Waals surface area contributed by atoms with E-state index in [0.717, 1.165) is 6.21 Å². The normalized spacial score (nSPS) is 10.4. The van der Waals surface area contributed by atoms with Gasteiger partial charge in [0.15, 0.2) is 0 Å². The Kier molecular flexibility index (Phi) is 7.64. The van der Waals surface area contributed by atoms with Crippen LogP contribution in [-0.4, -0.2) is 40.3 Å². The van der Waals surface area contributed by atoms with Crippen molar-refractivity contribution in [3.05, 3.63) is 41.1 Å².